The Morgan fingerprint density at radius 3 is 2.24 bits per heavy atom. The Morgan fingerprint density at radius 2 is 1.76 bits per heavy atom. The SMILES string of the molecule is CCCCCCCC(=O)C(C(C)=O)C(O)OC. The maximum Gasteiger partial charge on any atom is 0.170 e. The lowest BCUT2D eigenvalue weighted by Crippen LogP contribution is -2.35. The first-order chi connectivity index (χ1) is 8.04. The zero-order valence-corrected chi connectivity index (χ0v) is 11.1. The molecule has 0 aromatic heterocycles. The second-order valence-electron chi connectivity index (χ2n) is 4.35. The molecule has 0 aromatic rings. The highest BCUT2D eigenvalue weighted by atomic mass is 16.6. The Kier molecular flexibility index (Phi) is 8.90. The van der Waals surface area contributed by atoms with Crippen molar-refractivity contribution in [1.29, 1.82) is 0 Å². The number of rotatable bonds is 10. The summed E-state index contributed by atoms with van der Waals surface area (Å²) in [5.74, 6) is -1.58. The molecule has 1 N–H and O–H groups in total. The number of aliphatic hydroxyl groups is 1. The molecule has 4 nitrogen and oxygen atoms in total. The minimum atomic E-state index is -1.31. The highest BCUT2D eigenvalue weighted by Gasteiger charge is 2.30. The number of unbranched alkanes of at least 4 members (excludes halogenated alkanes) is 4. The lowest BCUT2D eigenvalue weighted by molar-refractivity contribution is -0.156. The molecule has 0 aliphatic rings. The molecule has 0 aliphatic heterocycles. The zero-order chi connectivity index (χ0) is 13.3. The van der Waals surface area contributed by atoms with E-state index in [0.717, 1.165) is 25.7 Å². The summed E-state index contributed by atoms with van der Waals surface area (Å²) in [6.45, 7) is 3.44. The highest BCUT2D eigenvalue weighted by molar-refractivity contribution is 6.01. The molecular weight excluding hydrogens is 220 g/mol. The van der Waals surface area contributed by atoms with Gasteiger partial charge in [0.25, 0.3) is 0 Å². The largest absolute Gasteiger partial charge is 0.367 e. The normalized spacial score (nSPS) is 14.4. The third-order valence-electron chi connectivity index (χ3n) is 2.84. The summed E-state index contributed by atoms with van der Waals surface area (Å²) in [5.41, 5.74) is 0. The number of carbonyl (C=O) groups is 2. The van der Waals surface area contributed by atoms with Crippen molar-refractivity contribution in [3.63, 3.8) is 0 Å². The standard InChI is InChI=1S/C13H24O4/c1-4-5-6-7-8-9-11(15)12(10(2)14)13(16)17-3/h12-13,16H,4-9H2,1-3H3. The van der Waals surface area contributed by atoms with Crippen molar-refractivity contribution in [3.8, 4) is 0 Å². The van der Waals surface area contributed by atoms with Crippen molar-refractivity contribution in [2.45, 2.75) is 58.7 Å². The number of carbonyl (C=O) groups excluding carboxylic acids is 2. The average molecular weight is 244 g/mol. The van der Waals surface area contributed by atoms with Gasteiger partial charge in [0, 0.05) is 13.5 Å². The minimum absolute atomic E-state index is 0.219. The van der Waals surface area contributed by atoms with Crippen LogP contribution in [0.4, 0.5) is 0 Å². The predicted molar refractivity (Wildman–Crippen MR) is 65.6 cm³/mol. The molecule has 0 heterocycles. The zero-order valence-electron chi connectivity index (χ0n) is 11.1. The van der Waals surface area contributed by atoms with Gasteiger partial charge in [-0.15, -0.1) is 0 Å². The van der Waals surface area contributed by atoms with Crippen molar-refractivity contribution < 1.29 is 19.4 Å². The number of ketones is 2. The Labute approximate surface area is 103 Å². The topological polar surface area (TPSA) is 63.6 Å². The van der Waals surface area contributed by atoms with E-state index in [0.29, 0.717) is 6.42 Å². The summed E-state index contributed by atoms with van der Waals surface area (Å²) in [4.78, 5) is 23.0. The van der Waals surface area contributed by atoms with E-state index >= 15 is 0 Å². The number of hydrogen-bond donors (Lipinski definition) is 1. The Hall–Kier alpha value is -0.740. The molecule has 0 radical (unpaired) electrons. The van der Waals surface area contributed by atoms with E-state index in [1.165, 1.54) is 20.5 Å². The molecule has 2 unspecified atom stereocenters. The van der Waals surface area contributed by atoms with Gasteiger partial charge in [-0.1, -0.05) is 32.6 Å². The van der Waals surface area contributed by atoms with Crippen LogP contribution in [-0.4, -0.2) is 30.1 Å². The van der Waals surface area contributed by atoms with Crippen molar-refractivity contribution in [2.75, 3.05) is 7.11 Å². The first kappa shape index (κ1) is 16.3. The molecule has 0 spiro atoms. The van der Waals surface area contributed by atoms with Crippen LogP contribution in [0.1, 0.15) is 52.4 Å². The van der Waals surface area contributed by atoms with Crippen LogP contribution in [-0.2, 0) is 14.3 Å². The molecule has 0 fully saturated rings. The van der Waals surface area contributed by atoms with E-state index in [4.69, 9.17) is 0 Å². The maximum atomic E-state index is 11.8. The third-order valence-corrected chi connectivity index (χ3v) is 2.84. The fourth-order valence-electron chi connectivity index (χ4n) is 1.78. The highest BCUT2D eigenvalue weighted by Crippen LogP contribution is 2.14. The lowest BCUT2D eigenvalue weighted by Gasteiger charge is -2.17. The maximum absolute atomic E-state index is 11.8. The molecule has 100 valence electrons. The van der Waals surface area contributed by atoms with Crippen molar-refractivity contribution in [1.82, 2.24) is 0 Å². The van der Waals surface area contributed by atoms with Crippen LogP contribution in [0.2, 0.25) is 0 Å². The van der Waals surface area contributed by atoms with Crippen molar-refractivity contribution in [3.05, 3.63) is 0 Å². The van der Waals surface area contributed by atoms with E-state index in [-0.39, 0.29) is 11.6 Å². The van der Waals surface area contributed by atoms with Crippen LogP contribution in [0.5, 0.6) is 0 Å². The molecule has 0 aliphatic carbocycles. The van der Waals surface area contributed by atoms with Crippen LogP contribution in [0.3, 0.4) is 0 Å². The van der Waals surface area contributed by atoms with E-state index in [2.05, 4.69) is 11.7 Å². The molecule has 0 amide bonds. The van der Waals surface area contributed by atoms with E-state index in [1.807, 2.05) is 0 Å². The molecule has 0 rings (SSSR count). The van der Waals surface area contributed by atoms with Gasteiger partial charge in [0.1, 0.15) is 17.5 Å². The van der Waals surface area contributed by atoms with Crippen LogP contribution in [0.15, 0.2) is 0 Å². The average Bonchev–Trinajstić information content (AvgIpc) is 2.28. The smallest absolute Gasteiger partial charge is 0.170 e. The predicted octanol–water partition coefficient (Wildman–Crippen LogP) is 2.09. The first-order valence-electron chi connectivity index (χ1n) is 6.28. The van der Waals surface area contributed by atoms with Gasteiger partial charge in [0.05, 0.1) is 0 Å². The third kappa shape index (κ3) is 6.54. The minimum Gasteiger partial charge on any atom is -0.367 e. The van der Waals surface area contributed by atoms with Gasteiger partial charge >= 0.3 is 0 Å². The summed E-state index contributed by atoms with van der Waals surface area (Å²) < 4.78 is 4.65. The van der Waals surface area contributed by atoms with Gasteiger partial charge in [-0.3, -0.25) is 9.59 Å². The molecule has 0 bridgehead atoms. The second kappa shape index (κ2) is 9.31. The van der Waals surface area contributed by atoms with Gasteiger partial charge < -0.3 is 9.84 Å². The molecule has 17 heavy (non-hydrogen) atoms. The quantitative estimate of drug-likeness (QED) is 0.363. The van der Waals surface area contributed by atoms with E-state index < -0.39 is 12.2 Å². The summed E-state index contributed by atoms with van der Waals surface area (Å²) in [6, 6.07) is 0. The van der Waals surface area contributed by atoms with Crippen LogP contribution >= 0.6 is 0 Å². The van der Waals surface area contributed by atoms with Gasteiger partial charge in [0.15, 0.2) is 6.29 Å². The summed E-state index contributed by atoms with van der Waals surface area (Å²) in [7, 11) is 1.29. The Balaban J connectivity index is 4.03. The van der Waals surface area contributed by atoms with Crippen molar-refractivity contribution >= 4 is 11.6 Å². The van der Waals surface area contributed by atoms with Crippen LogP contribution in [0, 0.1) is 5.92 Å². The number of aliphatic hydroxyl groups excluding tert-OH is 1. The monoisotopic (exact) mass is 244 g/mol. The van der Waals surface area contributed by atoms with Crippen molar-refractivity contribution in [2.24, 2.45) is 5.92 Å². The number of Topliss-reactive ketones (excluding diaryl/α,β-unsaturated/α-hetero) is 2. The first-order valence-corrected chi connectivity index (χ1v) is 6.28. The molecule has 0 saturated carbocycles. The summed E-state index contributed by atoms with van der Waals surface area (Å²) in [5, 5.41) is 9.44. The Morgan fingerprint density at radius 1 is 1.18 bits per heavy atom. The molecular formula is C13H24O4. The number of methoxy groups -OCH3 is 1. The molecule has 0 saturated heterocycles. The number of hydrogen-bond acceptors (Lipinski definition) is 4. The Bertz CT molecular complexity index is 238. The second-order valence-corrected chi connectivity index (χ2v) is 4.35. The number of ether oxygens (including phenoxy) is 1. The lowest BCUT2D eigenvalue weighted by atomic mass is 9.95. The molecule has 0 aromatic carbocycles. The molecule has 4 heteroatoms. The van der Waals surface area contributed by atoms with E-state index in [9.17, 15) is 14.7 Å². The van der Waals surface area contributed by atoms with Crippen LogP contribution in [0.25, 0.3) is 0 Å². The molecule has 2 atom stereocenters. The summed E-state index contributed by atoms with van der Waals surface area (Å²) >= 11 is 0. The fourth-order valence-corrected chi connectivity index (χ4v) is 1.78. The van der Waals surface area contributed by atoms with Gasteiger partial charge in [-0.05, 0) is 13.3 Å². The van der Waals surface area contributed by atoms with Gasteiger partial charge in [0.2, 0.25) is 0 Å². The summed E-state index contributed by atoms with van der Waals surface area (Å²) in [6.07, 6.45) is 4.25. The van der Waals surface area contributed by atoms with Crippen LogP contribution < -0.4 is 0 Å². The van der Waals surface area contributed by atoms with E-state index in [1.54, 1.807) is 0 Å². The van der Waals surface area contributed by atoms with Gasteiger partial charge in [-0.2, -0.15) is 0 Å². The fraction of sp³-hybridized carbons (Fsp3) is 0.846. The van der Waals surface area contributed by atoms with Gasteiger partial charge in [-0.25, -0.2) is 0 Å².